The van der Waals surface area contributed by atoms with Crippen LogP contribution >= 0.6 is 0 Å². The summed E-state index contributed by atoms with van der Waals surface area (Å²) in [4.78, 5) is 10.7. The lowest BCUT2D eigenvalue weighted by Gasteiger charge is -2.12. The lowest BCUT2D eigenvalue weighted by molar-refractivity contribution is -0.131. The van der Waals surface area contributed by atoms with Gasteiger partial charge >= 0.3 is 5.97 Å². The second kappa shape index (κ2) is 8.62. The van der Waals surface area contributed by atoms with E-state index in [1.54, 1.807) is 25.3 Å². The highest BCUT2D eigenvalue weighted by Gasteiger charge is 2.05. The molecular weight excluding hydrogens is 308 g/mol. The van der Waals surface area contributed by atoms with E-state index in [9.17, 15) is 4.79 Å². The van der Waals surface area contributed by atoms with E-state index < -0.39 is 5.97 Å². The van der Waals surface area contributed by atoms with Crippen LogP contribution in [0.15, 0.2) is 48.5 Å². The number of aliphatic carboxylic acids is 1. The number of carboxylic acids is 1. The smallest absolute Gasteiger partial charge is 0.328 e. The number of ether oxygens (including phenoxy) is 3. The maximum absolute atomic E-state index is 10.7. The summed E-state index contributed by atoms with van der Waals surface area (Å²) in [5.41, 5.74) is 1.83. The average molecular weight is 328 g/mol. The number of rotatable bonds is 8. The molecule has 2 aromatic carbocycles. The fourth-order valence-electron chi connectivity index (χ4n) is 2.01. The Morgan fingerprint density at radius 2 is 1.71 bits per heavy atom. The van der Waals surface area contributed by atoms with Crippen molar-refractivity contribution in [2.24, 2.45) is 0 Å². The highest BCUT2D eigenvalue weighted by molar-refractivity contribution is 5.86. The quantitative estimate of drug-likeness (QED) is 0.593. The molecule has 0 saturated carbocycles. The number of carbonyl (C=O) groups is 1. The van der Waals surface area contributed by atoms with E-state index in [2.05, 4.69) is 0 Å². The first-order chi connectivity index (χ1) is 11.6. The zero-order chi connectivity index (χ0) is 17.4. The van der Waals surface area contributed by atoms with Crippen LogP contribution in [-0.2, 0) is 4.79 Å². The molecule has 24 heavy (non-hydrogen) atoms. The first kappa shape index (κ1) is 17.4. The molecule has 0 aliphatic heterocycles. The number of hydrogen-bond donors (Lipinski definition) is 1. The molecule has 0 aliphatic rings. The molecule has 0 heterocycles. The van der Waals surface area contributed by atoms with E-state index in [-0.39, 0.29) is 0 Å². The third-order valence-electron chi connectivity index (χ3n) is 3.26. The normalized spacial score (nSPS) is 10.6. The minimum Gasteiger partial charge on any atom is -0.497 e. The molecule has 0 amide bonds. The standard InChI is InChI=1S/C19H20O5/c1-14-3-7-16(8-4-14)23-11-12-24-18-13-17(22-2)9-5-15(18)6-10-19(20)21/h3-10,13H,11-12H2,1-2H3,(H,20,21). The Hall–Kier alpha value is -2.95. The van der Waals surface area contributed by atoms with E-state index in [0.717, 1.165) is 11.8 Å². The van der Waals surface area contributed by atoms with Crippen LogP contribution in [0.4, 0.5) is 0 Å². The van der Waals surface area contributed by atoms with Crippen molar-refractivity contribution in [2.45, 2.75) is 6.92 Å². The van der Waals surface area contributed by atoms with Crippen molar-refractivity contribution in [2.75, 3.05) is 20.3 Å². The van der Waals surface area contributed by atoms with Crippen molar-refractivity contribution in [3.05, 3.63) is 59.7 Å². The van der Waals surface area contributed by atoms with Gasteiger partial charge in [0.05, 0.1) is 7.11 Å². The van der Waals surface area contributed by atoms with Crippen molar-refractivity contribution in [1.82, 2.24) is 0 Å². The summed E-state index contributed by atoms with van der Waals surface area (Å²) in [5.74, 6) is 0.941. The van der Waals surface area contributed by atoms with Crippen LogP contribution in [0.2, 0.25) is 0 Å². The Morgan fingerprint density at radius 1 is 1.04 bits per heavy atom. The van der Waals surface area contributed by atoms with Gasteiger partial charge in [-0.25, -0.2) is 4.79 Å². The summed E-state index contributed by atoms with van der Waals surface area (Å²) < 4.78 is 16.5. The maximum atomic E-state index is 10.7. The van der Waals surface area contributed by atoms with Crippen LogP contribution in [0.5, 0.6) is 17.2 Å². The van der Waals surface area contributed by atoms with Crippen LogP contribution in [0.3, 0.4) is 0 Å². The third kappa shape index (κ3) is 5.35. The number of carboxylic acid groups (broad SMARTS) is 1. The summed E-state index contributed by atoms with van der Waals surface area (Å²) >= 11 is 0. The SMILES string of the molecule is COc1ccc(C=CC(=O)O)c(OCCOc2ccc(C)cc2)c1. The van der Waals surface area contributed by atoms with Crippen LogP contribution in [0.25, 0.3) is 6.08 Å². The third-order valence-corrected chi connectivity index (χ3v) is 3.26. The molecule has 0 aromatic heterocycles. The Kier molecular flexibility index (Phi) is 6.25. The van der Waals surface area contributed by atoms with Crippen LogP contribution in [0.1, 0.15) is 11.1 Å². The van der Waals surface area contributed by atoms with Gasteiger partial charge in [-0.05, 0) is 37.3 Å². The molecule has 0 unspecified atom stereocenters. The number of aryl methyl sites for hydroxylation is 1. The van der Waals surface area contributed by atoms with Gasteiger partial charge in [-0.1, -0.05) is 17.7 Å². The first-order valence-corrected chi connectivity index (χ1v) is 7.50. The molecular formula is C19H20O5. The highest BCUT2D eigenvalue weighted by Crippen LogP contribution is 2.26. The van der Waals surface area contributed by atoms with E-state index in [1.165, 1.54) is 11.6 Å². The predicted octanol–water partition coefficient (Wildman–Crippen LogP) is 3.56. The van der Waals surface area contributed by atoms with Gasteiger partial charge in [-0.3, -0.25) is 0 Å². The molecule has 126 valence electrons. The summed E-state index contributed by atoms with van der Waals surface area (Å²) in [7, 11) is 1.56. The van der Waals surface area contributed by atoms with Crippen molar-refractivity contribution < 1.29 is 24.1 Å². The molecule has 2 aromatic rings. The monoisotopic (exact) mass is 328 g/mol. The second-order valence-electron chi connectivity index (χ2n) is 5.09. The first-order valence-electron chi connectivity index (χ1n) is 7.50. The maximum Gasteiger partial charge on any atom is 0.328 e. The fourth-order valence-corrected chi connectivity index (χ4v) is 2.01. The van der Waals surface area contributed by atoms with Crippen molar-refractivity contribution in [1.29, 1.82) is 0 Å². The second-order valence-corrected chi connectivity index (χ2v) is 5.09. The highest BCUT2D eigenvalue weighted by atomic mass is 16.5. The topological polar surface area (TPSA) is 65.0 Å². The van der Waals surface area contributed by atoms with Gasteiger partial charge in [0.25, 0.3) is 0 Å². The summed E-state index contributed by atoms with van der Waals surface area (Å²) in [5, 5.41) is 8.75. The Bertz CT molecular complexity index is 704. The summed E-state index contributed by atoms with van der Waals surface area (Å²) in [6.07, 6.45) is 2.55. The van der Waals surface area contributed by atoms with Gasteiger partial charge < -0.3 is 19.3 Å². The predicted molar refractivity (Wildman–Crippen MR) is 91.8 cm³/mol. The van der Waals surface area contributed by atoms with E-state index in [0.29, 0.717) is 30.3 Å². The number of methoxy groups -OCH3 is 1. The summed E-state index contributed by atoms with van der Waals surface area (Å²) in [6.45, 7) is 2.72. The van der Waals surface area contributed by atoms with E-state index >= 15 is 0 Å². The molecule has 0 saturated heterocycles. The van der Waals surface area contributed by atoms with Gasteiger partial charge in [0.2, 0.25) is 0 Å². The minimum atomic E-state index is -1.01. The molecule has 0 fully saturated rings. The van der Waals surface area contributed by atoms with Crippen molar-refractivity contribution in [3.8, 4) is 17.2 Å². The minimum absolute atomic E-state index is 0.328. The molecule has 0 aliphatic carbocycles. The molecule has 2 rings (SSSR count). The number of hydrogen-bond acceptors (Lipinski definition) is 4. The number of benzene rings is 2. The van der Waals surface area contributed by atoms with Gasteiger partial charge in [0, 0.05) is 17.7 Å². The van der Waals surface area contributed by atoms with Crippen LogP contribution in [0, 0.1) is 6.92 Å². The molecule has 5 nitrogen and oxygen atoms in total. The van der Waals surface area contributed by atoms with Gasteiger partial charge in [0.1, 0.15) is 30.5 Å². The molecule has 0 radical (unpaired) electrons. The molecule has 1 N–H and O–H groups in total. The zero-order valence-electron chi connectivity index (χ0n) is 13.7. The molecule has 0 bridgehead atoms. The van der Waals surface area contributed by atoms with Crippen molar-refractivity contribution >= 4 is 12.0 Å². The largest absolute Gasteiger partial charge is 0.497 e. The van der Waals surface area contributed by atoms with Gasteiger partial charge in [0.15, 0.2) is 0 Å². The van der Waals surface area contributed by atoms with Gasteiger partial charge in [-0.15, -0.1) is 0 Å². The lowest BCUT2D eigenvalue weighted by atomic mass is 10.1. The van der Waals surface area contributed by atoms with Gasteiger partial charge in [-0.2, -0.15) is 0 Å². The van der Waals surface area contributed by atoms with Crippen LogP contribution in [-0.4, -0.2) is 31.4 Å². The van der Waals surface area contributed by atoms with Crippen LogP contribution < -0.4 is 14.2 Å². The Labute approximate surface area is 141 Å². The molecule has 0 atom stereocenters. The summed E-state index contributed by atoms with van der Waals surface area (Å²) in [6, 6.07) is 13.0. The van der Waals surface area contributed by atoms with E-state index in [4.69, 9.17) is 19.3 Å². The Balaban J connectivity index is 1.96. The van der Waals surface area contributed by atoms with E-state index in [1.807, 2.05) is 31.2 Å². The van der Waals surface area contributed by atoms with Crippen molar-refractivity contribution in [3.63, 3.8) is 0 Å². The fraction of sp³-hybridized carbons (Fsp3) is 0.211. The average Bonchev–Trinajstić information content (AvgIpc) is 2.58. The molecule has 5 heteroatoms. The lowest BCUT2D eigenvalue weighted by Crippen LogP contribution is -2.09. The molecule has 0 spiro atoms. The Morgan fingerprint density at radius 3 is 2.38 bits per heavy atom. The zero-order valence-corrected chi connectivity index (χ0v) is 13.7.